The predicted octanol–water partition coefficient (Wildman–Crippen LogP) is -0.978. The summed E-state index contributed by atoms with van der Waals surface area (Å²) in [6.45, 7) is 4.36. The molecule has 13 nitrogen and oxygen atoms in total. The molecule has 0 aliphatic heterocycles. The quantitative estimate of drug-likeness (QED) is 0.0919. The first kappa shape index (κ1) is 33.2. The number of carboxylic acid groups (broad SMARTS) is 2. The maximum atomic E-state index is 13.2. The van der Waals surface area contributed by atoms with Gasteiger partial charge in [0.2, 0.25) is 17.7 Å². The van der Waals surface area contributed by atoms with Crippen molar-refractivity contribution in [1.82, 2.24) is 16.0 Å². The van der Waals surface area contributed by atoms with Crippen LogP contribution in [-0.4, -0.2) is 77.1 Å². The van der Waals surface area contributed by atoms with Crippen molar-refractivity contribution in [1.29, 1.82) is 0 Å². The minimum Gasteiger partial charge on any atom is -0.481 e. The molecule has 13 heteroatoms. The lowest BCUT2D eigenvalue weighted by atomic mass is 9.96. The molecule has 208 valence electrons. The molecule has 0 bridgehead atoms. The van der Waals surface area contributed by atoms with Gasteiger partial charge in [0.05, 0.1) is 6.04 Å². The van der Waals surface area contributed by atoms with Crippen molar-refractivity contribution < 1.29 is 34.2 Å². The van der Waals surface area contributed by atoms with Crippen LogP contribution in [0.4, 0.5) is 0 Å². The van der Waals surface area contributed by atoms with Gasteiger partial charge in [-0.15, -0.1) is 0 Å². The third-order valence-corrected chi connectivity index (χ3v) is 5.94. The predicted molar refractivity (Wildman–Crippen MR) is 134 cm³/mol. The van der Waals surface area contributed by atoms with Gasteiger partial charge in [-0.3, -0.25) is 19.2 Å². The summed E-state index contributed by atoms with van der Waals surface area (Å²) in [7, 11) is 0. The number of carbonyl (C=O) groups is 5. The molecular weight excluding hydrogens is 472 g/mol. The van der Waals surface area contributed by atoms with Crippen LogP contribution in [0.15, 0.2) is 0 Å². The average molecular weight is 517 g/mol. The summed E-state index contributed by atoms with van der Waals surface area (Å²) in [5.41, 5.74) is 16.8. The van der Waals surface area contributed by atoms with Crippen LogP contribution in [0.25, 0.3) is 0 Å². The van der Waals surface area contributed by atoms with Crippen molar-refractivity contribution in [2.24, 2.45) is 23.1 Å². The summed E-state index contributed by atoms with van der Waals surface area (Å²) in [5, 5.41) is 26.0. The van der Waals surface area contributed by atoms with Crippen molar-refractivity contribution in [3.8, 4) is 0 Å². The second-order valence-corrected chi connectivity index (χ2v) is 8.94. The molecule has 5 unspecified atom stereocenters. The van der Waals surface area contributed by atoms with Gasteiger partial charge in [0.15, 0.2) is 0 Å². The number of nitrogens with one attached hydrogen (secondary N) is 3. The van der Waals surface area contributed by atoms with Crippen molar-refractivity contribution in [2.45, 2.75) is 95.8 Å². The van der Waals surface area contributed by atoms with Gasteiger partial charge in [0, 0.05) is 6.42 Å². The zero-order valence-corrected chi connectivity index (χ0v) is 21.3. The van der Waals surface area contributed by atoms with Crippen molar-refractivity contribution >= 4 is 29.7 Å². The van der Waals surface area contributed by atoms with Gasteiger partial charge in [0.25, 0.3) is 0 Å². The normalized spacial score (nSPS) is 15.1. The molecule has 0 aliphatic carbocycles. The number of unbranched alkanes of at least 4 members (excludes halogenated alkanes) is 2. The highest BCUT2D eigenvalue weighted by atomic mass is 16.4. The molecule has 11 N–H and O–H groups in total. The van der Waals surface area contributed by atoms with E-state index in [-0.39, 0.29) is 31.6 Å². The number of amides is 3. The summed E-state index contributed by atoms with van der Waals surface area (Å²) in [4.78, 5) is 61.0. The van der Waals surface area contributed by atoms with Gasteiger partial charge >= 0.3 is 11.9 Å². The average Bonchev–Trinajstić information content (AvgIpc) is 2.83. The molecule has 0 saturated carbocycles. The molecule has 0 heterocycles. The number of hydrogen-bond acceptors (Lipinski definition) is 8. The topological polar surface area (TPSA) is 240 Å². The molecule has 0 radical (unpaired) electrons. The Balaban J connectivity index is 5.50. The monoisotopic (exact) mass is 516 g/mol. The first-order valence-electron chi connectivity index (χ1n) is 12.5. The number of rotatable bonds is 20. The lowest BCUT2D eigenvalue weighted by molar-refractivity contribution is -0.142. The van der Waals surface area contributed by atoms with Gasteiger partial charge < -0.3 is 43.4 Å². The van der Waals surface area contributed by atoms with Gasteiger partial charge in [0.1, 0.15) is 18.1 Å². The molecule has 5 atom stereocenters. The van der Waals surface area contributed by atoms with Crippen LogP contribution >= 0.6 is 0 Å². The summed E-state index contributed by atoms with van der Waals surface area (Å²) in [6, 6.07) is -4.31. The summed E-state index contributed by atoms with van der Waals surface area (Å²) in [6.07, 6.45) is 2.79. The highest BCUT2D eigenvalue weighted by Crippen LogP contribution is 2.11. The molecule has 36 heavy (non-hydrogen) atoms. The molecule has 0 aromatic heterocycles. The van der Waals surface area contributed by atoms with Crippen molar-refractivity contribution in [2.75, 3.05) is 13.1 Å². The highest BCUT2D eigenvalue weighted by molar-refractivity contribution is 5.94. The minimum atomic E-state index is -1.19. The number of carbonyl (C=O) groups excluding carboxylic acids is 3. The number of hydrogen-bond donors (Lipinski definition) is 8. The minimum absolute atomic E-state index is 0.0964. The van der Waals surface area contributed by atoms with E-state index in [0.29, 0.717) is 45.2 Å². The molecule has 0 aromatic rings. The largest absolute Gasteiger partial charge is 0.481 e. The van der Waals surface area contributed by atoms with Gasteiger partial charge in [-0.05, 0) is 64.0 Å². The molecule has 0 saturated heterocycles. The fourth-order valence-corrected chi connectivity index (χ4v) is 3.42. The fourth-order valence-electron chi connectivity index (χ4n) is 3.42. The third kappa shape index (κ3) is 13.4. The molecule has 0 fully saturated rings. The van der Waals surface area contributed by atoms with Gasteiger partial charge in [-0.25, -0.2) is 4.79 Å². The lowest BCUT2D eigenvalue weighted by Crippen LogP contribution is -2.58. The second kappa shape index (κ2) is 18.5. The molecule has 0 spiro atoms. The van der Waals surface area contributed by atoms with Crippen LogP contribution in [-0.2, 0) is 24.0 Å². The Hall–Kier alpha value is -2.77. The first-order valence-corrected chi connectivity index (χ1v) is 12.5. The zero-order chi connectivity index (χ0) is 27.7. The summed E-state index contributed by atoms with van der Waals surface area (Å²) in [5.74, 6) is -4.54. The molecule has 0 aromatic carbocycles. The second-order valence-electron chi connectivity index (χ2n) is 8.94. The first-order chi connectivity index (χ1) is 17.0. The molecular formula is C23H44N6O7. The van der Waals surface area contributed by atoms with Crippen LogP contribution < -0.4 is 33.2 Å². The number of carboxylic acids is 2. The molecule has 0 aliphatic rings. The lowest BCUT2D eigenvalue weighted by Gasteiger charge is -2.28. The number of nitrogens with two attached hydrogens (primary N) is 3. The van der Waals surface area contributed by atoms with Gasteiger partial charge in [-0.1, -0.05) is 20.3 Å². The Kier molecular flexibility index (Phi) is 17.1. The van der Waals surface area contributed by atoms with Crippen LogP contribution in [0, 0.1) is 5.92 Å². The maximum absolute atomic E-state index is 13.2. The summed E-state index contributed by atoms with van der Waals surface area (Å²) >= 11 is 0. The van der Waals surface area contributed by atoms with E-state index in [0.717, 1.165) is 0 Å². The van der Waals surface area contributed by atoms with Crippen LogP contribution in [0.5, 0.6) is 0 Å². The SMILES string of the molecule is CCC(C)C(NC(=O)C(N)CCC(=O)O)C(=O)NC(CCCCN)C(=O)NC(CCCCN)C(=O)O. The van der Waals surface area contributed by atoms with Crippen LogP contribution in [0.3, 0.4) is 0 Å². The highest BCUT2D eigenvalue weighted by Gasteiger charge is 2.32. The van der Waals surface area contributed by atoms with Crippen molar-refractivity contribution in [3.05, 3.63) is 0 Å². The van der Waals surface area contributed by atoms with E-state index < -0.39 is 53.8 Å². The van der Waals surface area contributed by atoms with E-state index in [1.54, 1.807) is 6.92 Å². The molecule has 3 amide bonds. The van der Waals surface area contributed by atoms with E-state index in [2.05, 4.69) is 16.0 Å². The van der Waals surface area contributed by atoms with E-state index in [4.69, 9.17) is 22.3 Å². The van der Waals surface area contributed by atoms with Crippen LogP contribution in [0.2, 0.25) is 0 Å². The Bertz CT molecular complexity index is 721. The van der Waals surface area contributed by atoms with Crippen LogP contribution in [0.1, 0.15) is 71.6 Å². The Morgan fingerprint density at radius 3 is 1.75 bits per heavy atom. The standard InChI is InChI=1S/C23H44N6O7/c1-3-14(2)19(29-20(32)15(26)10-11-18(30)31)22(34)27-16(8-4-6-12-24)21(33)28-17(23(35)36)9-5-7-13-25/h14-17,19H,3-13,24-26H2,1-2H3,(H,27,34)(H,28,33)(H,29,32)(H,30,31)(H,35,36). The maximum Gasteiger partial charge on any atom is 0.326 e. The van der Waals surface area contributed by atoms with E-state index in [9.17, 15) is 29.1 Å². The fraction of sp³-hybridized carbons (Fsp3) is 0.783. The van der Waals surface area contributed by atoms with E-state index >= 15 is 0 Å². The number of aliphatic carboxylic acids is 2. The third-order valence-electron chi connectivity index (χ3n) is 5.94. The Labute approximate surface area is 212 Å². The Morgan fingerprint density at radius 2 is 1.28 bits per heavy atom. The van der Waals surface area contributed by atoms with Crippen molar-refractivity contribution in [3.63, 3.8) is 0 Å². The van der Waals surface area contributed by atoms with Gasteiger partial charge in [-0.2, -0.15) is 0 Å². The van der Waals surface area contributed by atoms with E-state index in [1.165, 1.54) is 0 Å². The summed E-state index contributed by atoms with van der Waals surface area (Å²) < 4.78 is 0. The molecule has 0 rings (SSSR count). The zero-order valence-electron chi connectivity index (χ0n) is 21.3. The smallest absolute Gasteiger partial charge is 0.326 e. The van der Waals surface area contributed by atoms with E-state index in [1.807, 2.05) is 6.92 Å². The Morgan fingerprint density at radius 1 is 0.750 bits per heavy atom.